The van der Waals surface area contributed by atoms with Gasteiger partial charge in [-0.1, -0.05) is 39.1 Å². The summed E-state index contributed by atoms with van der Waals surface area (Å²) < 4.78 is 32.5. The second-order valence-corrected chi connectivity index (χ2v) is 7.89. The SMILES string of the molecule is CC(=O)Oc1c(C(Br)CCNS(=O)O)oc(-c2cc(Cl)cc(Cl)c2)c1O. The van der Waals surface area contributed by atoms with Crippen molar-refractivity contribution in [3.8, 4) is 22.8 Å². The second-order valence-electron chi connectivity index (χ2n) is 5.12. The van der Waals surface area contributed by atoms with Gasteiger partial charge in [-0.2, -0.15) is 0 Å². The maximum atomic E-state index is 11.4. The average molecular weight is 487 g/mol. The number of furan rings is 1. The van der Waals surface area contributed by atoms with Gasteiger partial charge in [-0.3, -0.25) is 9.35 Å². The molecule has 2 unspecified atom stereocenters. The zero-order valence-electron chi connectivity index (χ0n) is 13.3. The third-order valence-corrected chi connectivity index (χ3v) is 4.91. The van der Waals surface area contributed by atoms with E-state index in [1.165, 1.54) is 25.1 Å². The zero-order valence-corrected chi connectivity index (χ0v) is 17.2. The summed E-state index contributed by atoms with van der Waals surface area (Å²) in [5.74, 6) is -0.988. The molecule has 0 radical (unpaired) electrons. The van der Waals surface area contributed by atoms with Gasteiger partial charge in [0.25, 0.3) is 0 Å². The number of carbonyl (C=O) groups is 1. The minimum Gasteiger partial charge on any atom is -0.502 e. The van der Waals surface area contributed by atoms with Crippen molar-refractivity contribution >= 4 is 56.4 Å². The molecule has 2 atom stereocenters. The van der Waals surface area contributed by atoms with Crippen LogP contribution in [0.4, 0.5) is 0 Å². The molecule has 1 aromatic carbocycles. The van der Waals surface area contributed by atoms with Crippen LogP contribution in [0.15, 0.2) is 22.6 Å². The van der Waals surface area contributed by atoms with Crippen LogP contribution >= 0.6 is 39.1 Å². The number of esters is 1. The van der Waals surface area contributed by atoms with Crippen molar-refractivity contribution in [2.45, 2.75) is 18.2 Å². The van der Waals surface area contributed by atoms with E-state index in [4.69, 9.17) is 36.9 Å². The molecule has 2 rings (SSSR count). The number of nitrogens with one attached hydrogen (secondary N) is 1. The highest BCUT2D eigenvalue weighted by atomic mass is 79.9. The Balaban J connectivity index is 2.43. The molecular weight excluding hydrogens is 473 g/mol. The first-order valence-corrected chi connectivity index (χ1v) is 9.95. The Morgan fingerprint density at radius 2 is 2.00 bits per heavy atom. The lowest BCUT2D eigenvalue weighted by Crippen LogP contribution is -2.18. The summed E-state index contributed by atoms with van der Waals surface area (Å²) in [6.07, 6.45) is 0.309. The minimum absolute atomic E-state index is 0.0313. The molecule has 2 aromatic rings. The molecule has 0 saturated heterocycles. The third-order valence-electron chi connectivity index (χ3n) is 3.14. The van der Waals surface area contributed by atoms with Gasteiger partial charge in [-0.15, -0.1) is 0 Å². The maximum Gasteiger partial charge on any atom is 0.308 e. The van der Waals surface area contributed by atoms with Crippen LogP contribution in [-0.2, 0) is 16.1 Å². The maximum absolute atomic E-state index is 11.4. The molecular formula is C15H14BrCl2NO6S. The Kier molecular flexibility index (Phi) is 7.51. The molecule has 0 spiro atoms. The van der Waals surface area contributed by atoms with Gasteiger partial charge < -0.3 is 14.3 Å². The van der Waals surface area contributed by atoms with Gasteiger partial charge in [-0.05, 0) is 24.6 Å². The number of alkyl halides is 1. The highest BCUT2D eigenvalue weighted by Crippen LogP contribution is 2.48. The highest BCUT2D eigenvalue weighted by molar-refractivity contribution is 9.09. The van der Waals surface area contributed by atoms with E-state index >= 15 is 0 Å². The van der Waals surface area contributed by atoms with Crippen LogP contribution in [0.2, 0.25) is 10.0 Å². The normalized spacial score (nSPS) is 13.4. The fraction of sp³-hybridized carbons (Fsp3) is 0.267. The van der Waals surface area contributed by atoms with Crippen molar-refractivity contribution in [2.24, 2.45) is 0 Å². The average Bonchev–Trinajstić information content (AvgIpc) is 2.82. The number of halogens is 3. The van der Waals surface area contributed by atoms with E-state index < -0.39 is 22.1 Å². The van der Waals surface area contributed by atoms with E-state index in [1.54, 1.807) is 0 Å². The van der Waals surface area contributed by atoms with Gasteiger partial charge in [0.2, 0.25) is 22.8 Å². The van der Waals surface area contributed by atoms with Crippen LogP contribution in [0.5, 0.6) is 11.5 Å². The van der Waals surface area contributed by atoms with Gasteiger partial charge in [0.1, 0.15) is 0 Å². The summed E-state index contributed by atoms with van der Waals surface area (Å²) in [4.78, 5) is 10.9. The Morgan fingerprint density at radius 3 is 2.54 bits per heavy atom. The van der Waals surface area contributed by atoms with E-state index in [0.717, 1.165) is 0 Å². The van der Waals surface area contributed by atoms with Gasteiger partial charge in [-0.25, -0.2) is 8.93 Å². The van der Waals surface area contributed by atoms with Crippen LogP contribution < -0.4 is 9.46 Å². The van der Waals surface area contributed by atoms with Crippen molar-refractivity contribution in [2.75, 3.05) is 6.54 Å². The van der Waals surface area contributed by atoms with E-state index in [2.05, 4.69) is 20.7 Å². The molecule has 1 heterocycles. The van der Waals surface area contributed by atoms with Gasteiger partial charge in [0.15, 0.2) is 11.5 Å². The third kappa shape index (κ3) is 5.45. The molecule has 1 aromatic heterocycles. The first-order chi connectivity index (χ1) is 12.2. The zero-order chi connectivity index (χ0) is 19.4. The Hall–Kier alpha value is -1.10. The van der Waals surface area contributed by atoms with Crippen LogP contribution in [0.1, 0.15) is 23.9 Å². The molecule has 3 N–H and O–H groups in total. The topological polar surface area (TPSA) is 109 Å². The molecule has 0 aliphatic carbocycles. The highest BCUT2D eigenvalue weighted by Gasteiger charge is 2.28. The number of carbonyl (C=O) groups excluding carboxylic acids is 1. The van der Waals surface area contributed by atoms with Crippen LogP contribution in [0, 0.1) is 0 Å². The van der Waals surface area contributed by atoms with Gasteiger partial charge >= 0.3 is 5.97 Å². The summed E-state index contributed by atoms with van der Waals surface area (Å²) in [6, 6.07) is 4.59. The van der Waals surface area contributed by atoms with Crippen molar-refractivity contribution in [3.05, 3.63) is 34.0 Å². The molecule has 0 saturated carbocycles. The predicted molar refractivity (Wildman–Crippen MR) is 102 cm³/mol. The summed E-state index contributed by atoms with van der Waals surface area (Å²) in [5.41, 5.74) is 0.397. The summed E-state index contributed by atoms with van der Waals surface area (Å²) in [6.45, 7) is 1.35. The summed E-state index contributed by atoms with van der Waals surface area (Å²) in [7, 11) is 0. The summed E-state index contributed by atoms with van der Waals surface area (Å²) in [5, 5.41) is 11.1. The lowest BCUT2D eigenvalue weighted by molar-refractivity contribution is -0.132. The van der Waals surface area contributed by atoms with E-state index in [-0.39, 0.29) is 29.6 Å². The Labute approximate surface area is 170 Å². The van der Waals surface area contributed by atoms with Crippen molar-refractivity contribution in [1.82, 2.24) is 4.72 Å². The van der Waals surface area contributed by atoms with Crippen LogP contribution in [0.3, 0.4) is 0 Å². The molecule has 142 valence electrons. The van der Waals surface area contributed by atoms with E-state index in [9.17, 15) is 14.1 Å². The van der Waals surface area contributed by atoms with E-state index in [1.807, 2.05) is 0 Å². The van der Waals surface area contributed by atoms with Gasteiger partial charge in [0.05, 0.1) is 4.83 Å². The molecule has 0 bridgehead atoms. The van der Waals surface area contributed by atoms with Crippen LogP contribution in [0.25, 0.3) is 11.3 Å². The number of ether oxygens (including phenoxy) is 1. The van der Waals surface area contributed by atoms with Crippen molar-refractivity contribution in [3.63, 3.8) is 0 Å². The lowest BCUT2D eigenvalue weighted by Gasteiger charge is -2.08. The first-order valence-electron chi connectivity index (χ1n) is 7.18. The number of hydrogen-bond donors (Lipinski definition) is 3. The number of hydrogen-bond acceptors (Lipinski definition) is 5. The van der Waals surface area contributed by atoms with E-state index in [0.29, 0.717) is 22.0 Å². The van der Waals surface area contributed by atoms with Crippen molar-refractivity contribution < 1.29 is 27.8 Å². The molecule has 0 aliphatic heterocycles. The standard InChI is InChI=1S/C15H14BrCl2NO6S/c1-7(20)24-15-12(21)13(8-4-9(17)6-10(18)5-8)25-14(15)11(16)2-3-19-26(22)23/h4-6,11,19,21H,2-3H2,1H3,(H,22,23). The van der Waals surface area contributed by atoms with Gasteiger partial charge in [0, 0.05) is 29.1 Å². The lowest BCUT2D eigenvalue weighted by atomic mass is 10.1. The minimum atomic E-state index is -2.15. The molecule has 26 heavy (non-hydrogen) atoms. The smallest absolute Gasteiger partial charge is 0.308 e. The quantitative estimate of drug-likeness (QED) is 0.303. The molecule has 0 fully saturated rings. The molecule has 0 aliphatic rings. The predicted octanol–water partition coefficient (Wildman–Crippen LogP) is 4.44. The van der Waals surface area contributed by atoms with Crippen LogP contribution in [-0.4, -0.2) is 26.4 Å². The fourth-order valence-electron chi connectivity index (χ4n) is 2.16. The first kappa shape index (κ1) is 21.2. The summed E-state index contributed by atoms with van der Waals surface area (Å²) >= 11 is 13.2. The molecule has 11 heteroatoms. The Bertz CT molecular complexity index is 824. The Morgan fingerprint density at radius 1 is 1.38 bits per heavy atom. The molecule has 7 nitrogen and oxygen atoms in total. The van der Waals surface area contributed by atoms with Crippen molar-refractivity contribution in [1.29, 1.82) is 0 Å². The monoisotopic (exact) mass is 485 g/mol. The number of aromatic hydroxyl groups is 1. The number of rotatable bonds is 7. The fourth-order valence-corrected chi connectivity index (χ4v) is 3.51. The number of benzene rings is 1. The second kappa shape index (κ2) is 9.20. The molecule has 0 amide bonds. The largest absolute Gasteiger partial charge is 0.502 e.